The SMILES string of the molecule is Cc1cn2nc(C(=O)N3CCC(n4cc(CN)nn4)C3)cc2c(=O)[nH]1. The van der Waals surface area contributed by atoms with Crippen LogP contribution in [0.3, 0.4) is 0 Å². The van der Waals surface area contributed by atoms with Gasteiger partial charge in [0.2, 0.25) is 0 Å². The minimum atomic E-state index is -0.261. The molecule has 1 saturated heterocycles. The molecule has 1 aliphatic rings. The fourth-order valence-corrected chi connectivity index (χ4v) is 3.12. The van der Waals surface area contributed by atoms with Gasteiger partial charge in [0, 0.05) is 37.6 Å². The molecular formula is C15H18N8O2. The van der Waals surface area contributed by atoms with Gasteiger partial charge in [-0.1, -0.05) is 5.21 Å². The molecule has 1 atom stereocenters. The van der Waals surface area contributed by atoms with E-state index in [0.717, 1.165) is 12.1 Å². The van der Waals surface area contributed by atoms with Gasteiger partial charge in [-0.25, -0.2) is 9.20 Å². The van der Waals surface area contributed by atoms with Crippen molar-refractivity contribution in [3.63, 3.8) is 0 Å². The van der Waals surface area contributed by atoms with E-state index in [1.165, 1.54) is 10.6 Å². The summed E-state index contributed by atoms with van der Waals surface area (Å²) in [5.41, 5.74) is 7.31. The van der Waals surface area contributed by atoms with Gasteiger partial charge >= 0.3 is 0 Å². The average molecular weight is 342 g/mol. The summed E-state index contributed by atoms with van der Waals surface area (Å²) in [6.07, 6.45) is 4.28. The predicted molar refractivity (Wildman–Crippen MR) is 88.0 cm³/mol. The number of carbonyl (C=O) groups excluding carboxylic acids is 1. The minimum Gasteiger partial charge on any atom is -0.335 e. The van der Waals surface area contributed by atoms with E-state index in [1.54, 1.807) is 22.7 Å². The number of fused-ring (bicyclic) bond motifs is 1. The topological polar surface area (TPSA) is 127 Å². The van der Waals surface area contributed by atoms with E-state index in [2.05, 4.69) is 20.4 Å². The molecule has 1 aliphatic heterocycles. The Balaban J connectivity index is 1.55. The van der Waals surface area contributed by atoms with Gasteiger partial charge < -0.3 is 15.6 Å². The second kappa shape index (κ2) is 5.81. The van der Waals surface area contributed by atoms with E-state index in [-0.39, 0.29) is 23.2 Å². The molecule has 4 heterocycles. The van der Waals surface area contributed by atoms with E-state index in [9.17, 15) is 9.59 Å². The normalized spacial score (nSPS) is 17.5. The highest BCUT2D eigenvalue weighted by molar-refractivity contribution is 5.93. The molecule has 10 nitrogen and oxygen atoms in total. The van der Waals surface area contributed by atoms with Crippen molar-refractivity contribution in [1.82, 2.24) is 34.5 Å². The monoisotopic (exact) mass is 342 g/mol. The number of aromatic nitrogens is 6. The second-order valence-electron chi connectivity index (χ2n) is 6.21. The van der Waals surface area contributed by atoms with Crippen LogP contribution in [0.1, 0.15) is 34.3 Å². The summed E-state index contributed by atoms with van der Waals surface area (Å²) in [6, 6.07) is 1.59. The summed E-state index contributed by atoms with van der Waals surface area (Å²) >= 11 is 0. The van der Waals surface area contributed by atoms with E-state index in [0.29, 0.717) is 30.8 Å². The van der Waals surface area contributed by atoms with Crippen LogP contribution in [0.15, 0.2) is 23.3 Å². The Morgan fingerprint density at radius 1 is 1.44 bits per heavy atom. The maximum Gasteiger partial charge on any atom is 0.274 e. The molecule has 4 rings (SSSR count). The number of rotatable bonds is 3. The van der Waals surface area contributed by atoms with Crippen molar-refractivity contribution in [3.05, 3.63) is 45.9 Å². The molecule has 0 saturated carbocycles. The van der Waals surface area contributed by atoms with Gasteiger partial charge in [-0.2, -0.15) is 5.10 Å². The number of aryl methyl sites for hydroxylation is 1. The summed E-state index contributed by atoms with van der Waals surface area (Å²) in [7, 11) is 0. The van der Waals surface area contributed by atoms with Crippen LogP contribution in [0.4, 0.5) is 0 Å². The molecule has 1 amide bonds. The van der Waals surface area contributed by atoms with E-state index >= 15 is 0 Å². The molecule has 25 heavy (non-hydrogen) atoms. The lowest BCUT2D eigenvalue weighted by atomic mass is 10.3. The van der Waals surface area contributed by atoms with Crippen molar-refractivity contribution in [1.29, 1.82) is 0 Å². The van der Waals surface area contributed by atoms with Crippen molar-refractivity contribution in [2.45, 2.75) is 25.9 Å². The molecule has 0 aromatic carbocycles. The summed E-state index contributed by atoms with van der Waals surface area (Å²) in [6.45, 7) is 3.23. The van der Waals surface area contributed by atoms with Crippen LogP contribution in [0.2, 0.25) is 0 Å². The summed E-state index contributed by atoms with van der Waals surface area (Å²) < 4.78 is 3.20. The molecule has 3 aromatic heterocycles. The Labute approximate surface area is 142 Å². The van der Waals surface area contributed by atoms with Crippen molar-refractivity contribution < 1.29 is 4.79 Å². The molecule has 0 radical (unpaired) electrons. The van der Waals surface area contributed by atoms with Crippen molar-refractivity contribution in [2.24, 2.45) is 5.73 Å². The van der Waals surface area contributed by atoms with Crippen molar-refractivity contribution >= 4 is 11.4 Å². The number of likely N-dealkylation sites (tertiary alicyclic amines) is 1. The van der Waals surface area contributed by atoms with Gasteiger partial charge in [-0.05, 0) is 13.3 Å². The van der Waals surface area contributed by atoms with E-state index in [4.69, 9.17) is 5.73 Å². The van der Waals surface area contributed by atoms with Gasteiger partial charge in [0.15, 0.2) is 5.69 Å². The van der Waals surface area contributed by atoms with Gasteiger partial charge in [0.25, 0.3) is 11.5 Å². The Morgan fingerprint density at radius 3 is 3.04 bits per heavy atom. The van der Waals surface area contributed by atoms with Crippen molar-refractivity contribution in [3.8, 4) is 0 Å². The quantitative estimate of drug-likeness (QED) is 0.658. The Bertz CT molecular complexity index is 1000. The van der Waals surface area contributed by atoms with Crippen LogP contribution < -0.4 is 11.3 Å². The zero-order chi connectivity index (χ0) is 17.6. The Hall–Kier alpha value is -3.01. The zero-order valence-corrected chi connectivity index (χ0v) is 13.7. The third-order valence-electron chi connectivity index (χ3n) is 4.41. The molecule has 10 heteroatoms. The smallest absolute Gasteiger partial charge is 0.274 e. The lowest BCUT2D eigenvalue weighted by Crippen LogP contribution is -2.29. The number of amides is 1. The lowest BCUT2D eigenvalue weighted by molar-refractivity contribution is 0.0780. The van der Waals surface area contributed by atoms with Gasteiger partial charge in [-0.3, -0.25) is 9.59 Å². The third-order valence-corrected chi connectivity index (χ3v) is 4.41. The zero-order valence-electron chi connectivity index (χ0n) is 13.7. The lowest BCUT2D eigenvalue weighted by Gasteiger charge is -2.14. The van der Waals surface area contributed by atoms with Crippen LogP contribution >= 0.6 is 0 Å². The highest BCUT2D eigenvalue weighted by Crippen LogP contribution is 2.22. The predicted octanol–water partition coefficient (Wildman–Crippen LogP) is -0.532. The third kappa shape index (κ3) is 2.70. The van der Waals surface area contributed by atoms with Crippen LogP contribution in [0, 0.1) is 6.92 Å². The molecule has 3 N–H and O–H groups in total. The minimum absolute atomic E-state index is 0.0689. The number of hydrogen-bond donors (Lipinski definition) is 2. The Kier molecular flexibility index (Phi) is 3.61. The molecule has 0 aliphatic carbocycles. The van der Waals surface area contributed by atoms with Gasteiger partial charge in [0.1, 0.15) is 5.52 Å². The van der Waals surface area contributed by atoms with Crippen molar-refractivity contribution in [2.75, 3.05) is 13.1 Å². The molecule has 130 valence electrons. The Morgan fingerprint density at radius 2 is 2.28 bits per heavy atom. The van der Waals surface area contributed by atoms with Crippen LogP contribution in [-0.2, 0) is 6.54 Å². The van der Waals surface area contributed by atoms with Gasteiger partial charge in [-0.15, -0.1) is 5.10 Å². The van der Waals surface area contributed by atoms with Crippen LogP contribution in [-0.4, -0.2) is 53.5 Å². The fraction of sp³-hybridized carbons (Fsp3) is 0.400. The summed E-state index contributed by atoms with van der Waals surface area (Å²) in [5.74, 6) is -0.192. The first-order chi connectivity index (χ1) is 12.0. The van der Waals surface area contributed by atoms with E-state index in [1.807, 2.05) is 6.20 Å². The number of aromatic amines is 1. The first kappa shape index (κ1) is 15.5. The fourth-order valence-electron chi connectivity index (χ4n) is 3.12. The van der Waals surface area contributed by atoms with E-state index < -0.39 is 0 Å². The number of nitrogens with one attached hydrogen (secondary N) is 1. The maximum absolute atomic E-state index is 12.7. The molecule has 1 fully saturated rings. The first-order valence-corrected chi connectivity index (χ1v) is 8.04. The van der Waals surface area contributed by atoms with Gasteiger partial charge in [0.05, 0.1) is 17.9 Å². The second-order valence-corrected chi connectivity index (χ2v) is 6.21. The molecule has 1 unspecified atom stereocenters. The summed E-state index contributed by atoms with van der Waals surface area (Å²) in [5, 5.41) is 12.3. The maximum atomic E-state index is 12.7. The average Bonchev–Trinajstić information content (AvgIpc) is 3.31. The van der Waals surface area contributed by atoms with Crippen LogP contribution in [0.25, 0.3) is 5.52 Å². The number of H-pyrrole nitrogens is 1. The molecule has 0 bridgehead atoms. The highest BCUT2D eigenvalue weighted by Gasteiger charge is 2.30. The molecule has 3 aromatic rings. The number of carbonyl (C=O) groups is 1. The summed E-state index contributed by atoms with van der Waals surface area (Å²) in [4.78, 5) is 29.1. The number of nitrogens with zero attached hydrogens (tertiary/aromatic N) is 6. The number of hydrogen-bond acceptors (Lipinski definition) is 6. The van der Waals surface area contributed by atoms with Crippen LogP contribution in [0.5, 0.6) is 0 Å². The molecule has 0 spiro atoms. The standard InChI is InChI=1S/C15H18N8O2/c1-9-6-23-13(14(24)17-9)4-12(19-23)15(25)21-3-2-11(8-21)22-7-10(5-16)18-20-22/h4,6-7,11H,2-3,5,8,16H2,1H3,(H,17,24). The largest absolute Gasteiger partial charge is 0.335 e. The number of nitrogens with two attached hydrogens (primary N) is 1. The molecular weight excluding hydrogens is 324 g/mol. The first-order valence-electron chi connectivity index (χ1n) is 8.04. The highest BCUT2D eigenvalue weighted by atomic mass is 16.2.